The molecule has 0 N–H and O–H groups in total. The molecular weight excluding hydrogens is 258 g/mol. The van der Waals surface area contributed by atoms with Gasteiger partial charge in [-0.2, -0.15) is 0 Å². The predicted octanol–water partition coefficient (Wildman–Crippen LogP) is 4.67. The maximum Gasteiger partial charge on any atom is 0.128 e. The Labute approximate surface area is 126 Å². The lowest BCUT2D eigenvalue weighted by atomic mass is 10.1. The van der Waals surface area contributed by atoms with Crippen molar-refractivity contribution in [3.63, 3.8) is 0 Å². The highest BCUT2D eigenvalue weighted by Gasteiger charge is 2.05. The lowest BCUT2D eigenvalue weighted by molar-refractivity contribution is 0.344. The first-order valence-electron chi connectivity index (χ1n) is 7.63. The summed E-state index contributed by atoms with van der Waals surface area (Å²) in [5, 5.41) is 1.21. The van der Waals surface area contributed by atoms with Crippen LogP contribution in [0.25, 0.3) is 10.9 Å². The largest absolute Gasteiger partial charge is 0.493 e. The molecule has 0 spiro atoms. The zero-order valence-electron chi connectivity index (χ0n) is 12.5. The van der Waals surface area contributed by atoms with Crippen LogP contribution >= 0.6 is 0 Å². The first-order valence-corrected chi connectivity index (χ1v) is 7.63. The van der Waals surface area contributed by atoms with Gasteiger partial charge in [0.1, 0.15) is 5.75 Å². The van der Waals surface area contributed by atoms with Crippen molar-refractivity contribution in [1.82, 2.24) is 4.57 Å². The third kappa shape index (κ3) is 3.10. The minimum absolute atomic E-state index is 0.707. The van der Waals surface area contributed by atoms with Crippen LogP contribution in [0.4, 0.5) is 0 Å². The van der Waals surface area contributed by atoms with Gasteiger partial charge in [-0.1, -0.05) is 36.4 Å². The van der Waals surface area contributed by atoms with E-state index in [0.29, 0.717) is 6.61 Å². The van der Waals surface area contributed by atoms with Gasteiger partial charge in [-0.25, -0.2) is 0 Å². The van der Waals surface area contributed by atoms with Crippen LogP contribution in [0.5, 0.6) is 5.75 Å². The molecule has 0 aliphatic carbocycles. The third-order valence-electron chi connectivity index (χ3n) is 3.78. The standard InChI is InChI=1S/C19H21NO/c1-2-21-19-12-6-11-18-17(19)13-15-20(18)14-7-10-16-8-4-3-5-9-16/h3-6,8-9,11-13,15H,2,7,10,14H2,1H3. The summed E-state index contributed by atoms with van der Waals surface area (Å²) in [6.07, 6.45) is 4.43. The maximum absolute atomic E-state index is 5.69. The quantitative estimate of drug-likeness (QED) is 0.639. The normalized spacial score (nSPS) is 10.9. The summed E-state index contributed by atoms with van der Waals surface area (Å²) in [7, 11) is 0. The number of rotatable bonds is 6. The molecule has 2 aromatic carbocycles. The number of fused-ring (bicyclic) bond motifs is 1. The van der Waals surface area contributed by atoms with Crippen LogP contribution in [-0.4, -0.2) is 11.2 Å². The van der Waals surface area contributed by atoms with E-state index in [-0.39, 0.29) is 0 Å². The average Bonchev–Trinajstić information content (AvgIpc) is 2.93. The van der Waals surface area contributed by atoms with Gasteiger partial charge in [-0.3, -0.25) is 0 Å². The van der Waals surface area contributed by atoms with Crippen molar-refractivity contribution < 1.29 is 4.74 Å². The first kappa shape index (κ1) is 13.7. The minimum Gasteiger partial charge on any atom is -0.493 e. The second-order valence-electron chi connectivity index (χ2n) is 5.22. The van der Waals surface area contributed by atoms with E-state index in [4.69, 9.17) is 4.74 Å². The molecule has 0 bridgehead atoms. The van der Waals surface area contributed by atoms with E-state index in [1.165, 1.54) is 16.5 Å². The molecule has 2 nitrogen and oxygen atoms in total. The second kappa shape index (κ2) is 6.49. The Balaban J connectivity index is 1.71. The number of ether oxygens (including phenoxy) is 1. The average molecular weight is 279 g/mol. The lowest BCUT2D eigenvalue weighted by Crippen LogP contribution is -1.98. The van der Waals surface area contributed by atoms with Gasteiger partial charge in [0.05, 0.1) is 12.1 Å². The van der Waals surface area contributed by atoms with Crippen LogP contribution in [0.2, 0.25) is 0 Å². The Bertz CT molecular complexity index is 700. The zero-order valence-corrected chi connectivity index (χ0v) is 12.5. The molecule has 0 saturated heterocycles. The van der Waals surface area contributed by atoms with Crippen molar-refractivity contribution in [1.29, 1.82) is 0 Å². The molecule has 2 heteroatoms. The topological polar surface area (TPSA) is 14.2 Å². The van der Waals surface area contributed by atoms with Gasteiger partial charge in [-0.05, 0) is 43.5 Å². The van der Waals surface area contributed by atoms with E-state index in [0.717, 1.165) is 25.1 Å². The summed E-state index contributed by atoms with van der Waals surface area (Å²) in [5.74, 6) is 0.983. The highest BCUT2D eigenvalue weighted by Crippen LogP contribution is 2.26. The predicted molar refractivity (Wildman–Crippen MR) is 87.9 cm³/mol. The molecule has 0 amide bonds. The first-order chi connectivity index (χ1) is 10.4. The fraction of sp³-hybridized carbons (Fsp3) is 0.263. The van der Waals surface area contributed by atoms with Crippen LogP contribution in [0, 0.1) is 0 Å². The van der Waals surface area contributed by atoms with Crippen molar-refractivity contribution in [2.75, 3.05) is 6.61 Å². The van der Waals surface area contributed by atoms with Crippen molar-refractivity contribution in [3.05, 3.63) is 66.4 Å². The SMILES string of the molecule is CCOc1cccc2c1ccn2CCCc1ccccc1. The molecule has 0 fully saturated rings. The van der Waals surface area contributed by atoms with Gasteiger partial charge in [0.15, 0.2) is 0 Å². The Hall–Kier alpha value is -2.22. The molecule has 0 radical (unpaired) electrons. The molecular formula is C19H21NO. The molecule has 0 saturated carbocycles. The van der Waals surface area contributed by atoms with Gasteiger partial charge >= 0.3 is 0 Å². The highest BCUT2D eigenvalue weighted by molar-refractivity contribution is 5.86. The molecule has 21 heavy (non-hydrogen) atoms. The maximum atomic E-state index is 5.69. The van der Waals surface area contributed by atoms with Gasteiger partial charge in [0.2, 0.25) is 0 Å². The number of aryl methyl sites for hydroxylation is 2. The molecule has 1 heterocycles. The minimum atomic E-state index is 0.707. The highest BCUT2D eigenvalue weighted by atomic mass is 16.5. The molecule has 0 aliphatic heterocycles. The summed E-state index contributed by atoms with van der Waals surface area (Å²) in [6, 6.07) is 19.1. The van der Waals surface area contributed by atoms with Gasteiger partial charge in [-0.15, -0.1) is 0 Å². The summed E-state index contributed by atoms with van der Waals surface area (Å²) >= 11 is 0. The molecule has 3 rings (SSSR count). The summed E-state index contributed by atoms with van der Waals surface area (Å²) in [5.41, 5.74) is 2.66. The smallest absolute Gasteiger partial charge is 0.128 e. The molecule has 0 unspecified atom stereocenters. The van der Waals surface area contributed by atoms with Crippen LogP contribution in [0.1, 0.15) is 18.9 Å². The fourth-order valence-corrected chi connectivity index (χ4v) is 2.77. The fourth-order valence-electron chi connectivity index (χ4n) is 2.77. The van der Waals surface area contributed by atoms with Crippen LogP contribution in [0.15, 0.2) is 60.8 Å². The molecule has 3 aromatic rings. The van der Waals surface area contributed by atoms with Crippen molar-refractivity contribution in [2.45, 2.75) is 26.3 Å². The monoisotopic (exact) mass is 279 g/mol. The summed E-state index contributed by atoms with van der Waals surface area (Å²) in [6.45, 7) is 3.77. The van der Waals surface area contributed by atoms with Crippen molar-refractivity contribution >= 4 is 10.9 Å². The Morgan fingerprint density at radius 1 is 0.952 bits per heavy atom. The van der Waals surface area contributed by atoms with E-state index in [1.807, 2.05) is 13.0 Å². The Kier molecular flexibility index (Phi) is 4.25. The number of benzene rings is 2. The zero-order chi connectivity index (χ0) is 14.5. The Morgan fingerprint density at radius 2 is 1.81 bits per heavy atom. The molecule has 1 aromatic heterocycles. The number of hydrogen-bond donors (Lipinski definition) is 0. The number of aromatic nitrogens is 1. The van der Waals surface area contributed by atoms with E-state index in [9.17, 15) is 0 Å². The van der Waals surface area contributed by atoms with E-state index < -0.39 is 0 Å². The van der Waals surface area contributed by atoms with Crippen LogP contribution in [-0.2, 0) is 13.0 Å². The van der Waals surface area contributed by atoms with E-state index in [1.54, 1.807) is 0 Å². The van der Waals surface area contributed by atoms with Crippen LogP contribution < -0.4 is 4.74 Å². The van der Waals surface area contributed by atoms with Crippen LogP contribution in [0.3, 0.4) is 0 Å². The van der Waals surface area contributed by atoms with Gasteiger partial charge < -0.3 is 9.30 Å². The van der Waals surface area contributed by atoms with Crippen molar-refractivity contribution in [3.8, 4) is 5.75 Å². The van der Waals surface area contributed by atoms with Gasteiger partial charge in [0.25, 0.3) is 0 Å². The summed E-state index contributed by atoms with van der Waals surface area (Å²) in [4.78, 5) is 0. The lowest BCUT2D eigenvalue weighted by Gasteiger charge is -2.08. The molecule has 0 atom stereocenters. The second-order valence-corrected chi connectivity index (χ2v) is 5.22. The third-order valence-corrected chi connectivity index (χ3v) is 3.78. The van der Waals surface area contributed by atoms with E-state index in [2.05, 4.69) is 59.3 Å². The number of nitrogens with zero attached hydrogens (tertiary/aromatic N) is 1. The molecule has 0 aliphatic rings. The Morgan fingerprint density at radius 3 is 2.62 bits per heavy atom. The van der Waals surface area contributed by atoms with E-state index >= 15 is 0 Å². The summed E-state index contributed by atoms with van der Waals surface area (Å²) < 4.78 is 8.01. The van der Waals surface area contributed by atoms with Crippen molar-refractivity contribution in [2.24, 2.45) is 0 Å². The molecule has 108 valence electrons. The number of hydrogen-bond acceptors (Lipinski definition) is 1. The van der Waals surface area contributed by atoms with Gasteiger partial charge in [0, 0.05) is 18.1 Å².